The molecule has 2 saturated heterocycles. The van der Waals surface area contributed by atoms with Crippen LogP contribution in [0.15, 0.2) is 78.9 Å². The first-order valence-corrected chi connectivity index (χ1v) is 11.9. The number of carbonyl (C=O) groups is 1. The molecule has 1 amide bonds. The third kappa shape index (κ3) is 4.07. The highest BCUT2D eigenvalue weighted by Crippen LogP contribution is 2.37. The maximum absolute atomic E-state index is 12.9. The lowest BCUT2D eigenvalue weighted by atomic mass is 9.86. The molecular formula is C27H28N4O2S. The Morgan fingerprint density at radius 2 is 1.65 bits per heavy atom. The molecule has 5 rings (SSSR count). The zero-order chi connectivity index (χ0) is 23.5. The molecule has 34 heavy (non-hydrogen) atoms. The van der Waals surface area contributed by atoms with Gasteiger partial charge < -0.3 is 25.2 Å². The molecular weight excluding hydrogens is 444 g/mol. The number of anilines is 2. The average molecular weight is 473 g/mol. The Morgan fingerprint density at radius 3 is 2.32 bits per heavy atom. The number of likely N-dealkylation sites (tertiary alicyclic amines) is 1. The second kappa shape index (κ2) is 9.35. The highest BCUT2D eigenvalue weighted by atomic mass is 32.1. The summed E-state index contributed by atoms with van der Waals surface area (Å²) >= 11 is 5.78. The van der Waals surface area contributed by atoms with Crippen LogP contribution in [0.25, 0.3) is 11.1 Å². The first-order valence-electron chi connectivity index (χ1n) is 11.5. The van der Waals surface area contributed by atoms with Crippen LogP contribution in [0.1, 0.15) is 12.8 Å². The summed E-state index contributed by atoms with van der Waals surface area (Å²) in [5, 5.41) is 7.09. The molecule has 0 atom stereocenters. The molecule has 2 aliphatic heterocycles. The van der Waals surface area contributed by atoms with Crippen LogP contribution in [0.4, 0.5) is 11.4 Å². The molecule has 0 unspecified atom stereocenters. The van der Waals surface area contributed by atoms with E-state index in [0.717, 1.165) is 28.3 Å². The van der Waals surface area contributed by atoms with Crippen LogP contribution < -0.4 is 20.3 Å². The number of hydrogen-bond acceptors (Lipinski definition) is 4. The third-order valence-corrected chi connectivity index (χ3v) is 7.19. The fraction of sp³-hybridized carbons (Fsp3) is 0.259. The molecule has 3 aromatic rings. The second-order valence-electron chi connectivity index (χ2n) is 8.66. The van der Waals surface area contributed by atoms with Crippen molar-refractivity contribution >= 4 is 34.6 Å². The Labute approximate surface area is 205 Å². The van der Waals surface area contributed by atoms with Crippen LogP contribution in [0.3, 0.4) is 0 Å². The van der Waals surface area contributed by atoms with E-state index in [9.17, 15) is 4.79 Å². The molecule has 1 spiro atoms. The Bertz CT molecular complexity index is 1180. The fourth-order valence-corrected chi connectivity index (χ4v) is 5.21. The van der Waals surface area contributed by atoms with Crippen LogP contribution in [-0.2, 0) is 4.79 Å². The third-order valence-electron chi connectivity index (χ3n) is 6.83. The maximum Gasteiger partial charge on any atom is 0.247 e. The van der Waals surface area contributed by atoms with Gasteiger partial charge in [-0.1, -0.05) is 54.6 Å². The lowest BCUT2D eigenvalue weighted by Gasteiger charge is -2.44. The van der Waals surface area contributed by atoms with Gasteiger partial charge in [0, 0.05) is 18.8 Å². The number of thiocarbonyl (C=S) groups is 1. The quantitative estimate of drug-likeness (QED) is 0.546. The van der Waals surface area contributed by atoms with E-state index in [1.54, 1.807) is 7.11 Å². The minimum absolute atomic E-state index is 0.104. The Hall–Kier alpha value is -3.58. The number of hydrogen-bond donors (Lipinski definition) is 2. The molecule has 6 nitrogen and oxygen atoms in total. The van der Waals surface area contributed by atoms with Crippen LogP contribution in [0, 0.1) is 0 Å². The Morgan fingerprint density at radius 1 is 0.971 bits per heavy atom. The summed E-state index contributed by atoms with van der Waals surface area (Å²) in [6.07, 6.45) is 1.41. The fourth-order valence-electron chi connectivity index (χ4n) is 4.92. The predicted octanol–water partition coefficient (Wildman–Crippen LogP) is 4.49. The van der Waals surface area contributed by atoms with Gasteiger partial charge in [-0.15, -0.1) is 0 Å². The van der Waals surface area contributed by atoms with E-state index in [1.165, 1.54) is 0 Å². The van der Waals surface area contributed by atoms with Crippen molar-refractivity contribution in [2.24, 2.45) is 0 Å². The molecule has 0 aliphatic carbocycles. The smallest absolute Gasteiger partial charge is 0.247 e. The summed E-state index contributed by atoms with van der Waals surface area (Å²) in [6, 6.07) is 26.4. The molecule has 0 bridgehead atoms. The minimum Gasteiger partial charge on any atom is -0.495 e. The number of methoxy groups -OCH3 is 1. The van der Waals surface area contributed by atoms with Crippen molar-refractivity contribution in [1.29, 1.82) is 0 Å². The number of nitrogens with one attached hydrogen (secondary N) is 2. The zero-order valence-corrected chi connectivity index (χ0v) is 20.0. The van der Waals surface area contributed by atoms with Gasteiger partial charge in [-0.3, -0.25) is 4.79 Å². The first kappa shape index (κ1) is 22.2. The van der Waals surface area contributed by atoms with Gasteiger partial charge in [-0.25, -0.2) is 0 Å². The van der Waals surface area contributed by atoms with Gasteiger partial charge in [-0.05, 0) is 60.5 Å². The highest BCUT2D eigenvalue weighted by Gasteiger charge is 2.50. The molecule has 0 saturated carbocycles. The van der Waals surface area contributed by atoms with Crippen molar-refractivity contribution < 1.29 is 9.53 Å². The summed E-state index contributed by atoms with van der Waals surface area (Å²) in [5.74, 6) is 0.841. The molecule has 3 aromatic carbocycles. The van der Waals surface area contributed by atoms with Gasteiger partial charge >= 0.3 is 0 Å². The molecule has 174 valence electrons. The van der Waals surface area contributed by atoms with E-state index in [2.05, 4.69) is 50.8 Å². The summed E-state index contributed by atoms with van der Waals surface area (Å²) in [4.78, 5) is 17.3. The number of benzene rings is 3. The van der Waals surface area contributed by atoms with E-state index >= 15 is 0 Å². The lowest BCUT2D eigenvalue weighted by molar-refractivity contribution is -0.124. The van der Waals surface area contributed by atoms with Gasteiger partial charge in [0.15, 0.2) is 5.11 Å². The van der Waals surface area contributed by atoms with Gasteiger partial charge in [0.2, 0.25) is 5.91 Å². The van der Waals surface area contributed by atoms with Crippen molar-refractivity contribution in [3.8, 4) is 16.9 Å². The lowest BCUT2D eigenvalue weighted by Crippen LogP contribution is -2.57. The Kier molecular flexibility index (Phi) is 6.11. The summed E-state index contributed by atoms with van der Waals surface area (Å²) in [6.45, 7) is 1.93. The molecule has 2 aliphatic rings. The van der Waals surface area contributed by atoms with Crippen molar-refractivity contribution in [1.82, 2.24) is 10.2 Å². The van der Waals surface area contributed by atoms with Crippen molar-refractivity contribution in [2.45, 2.75) is 18.4 Å². The molecule has 2 N–H and O–H groups in total. The molecule has 0 aromatic heterocycles. The molecule has 7 heteroatoms. The monoisotopic (exact) mass is 472 g/mol. The van der Waals surface area contributed by atoms with E-state index in [0.29, 0.717) is 37.7 Å². The van der Waals surface area contributed by atoms with Crippen LogP contribution >= 0.6 is 12.2 Å². The van der Waals surface area contributed by atoms with Crippen molar-refractivity contribution in [3.05, 3.63) is 78.9 Å². The van der Waals surface area contributed by atoms with Crippen LogP contribution in [0.5, 0.6) is 5.75 Å². The van der Waals surface area contributed by atoms with E-state index in [1.807, 2.05) is 48.5 Å². The normalized spacial score (nSPS) is 16.9. The average Bonchev–Trinajstić information content (AvgIpc) is 3.20. The van der Waals surface area contributed by atoms with E-state index in [-0.39, 0.29) is 5.91 Å². The van der Waals surface area contributed by atoms with Crippen LogP contribution in [0.2, 0.25) is 0 Å². The van der Waals surface area contributed by atoms with Gasteiger partial charge in [-0.2, -0.15) is 0 Å². The summed E-state index contributed by atoms with van der Waals surface area (Å²) in [5.41, 5.74) is 3.59. The predicted molar refractivity (Wildman–Crippen MR) is 140 cm³/mol. The van der Waals surface area contributed by atoms with E-state index in [4.69, 9.17) is 17.0 Å². The standard InChI is InChI=1S/C27H28N4O2S/c1-33-24-13-12-21(20-8-4-2-5-9-20)18-23(24)29-26(34)30-16-14-27(15-17-30)25(32)28-19-31(27)22-10-6-3-7-11-22/h2-13,18H,14-17,19H2,1H3,(H,28,32)(H,29,34). The van der Waals surface area contributed by atoms with Crippen molar-refractivity contribution in [3.63, 3.8) is 0 Å². The Balaban J connectivity index is 1.31. The van der Waals surface area contributed by atoms with Crippen molar-refractivity contribution in [2.75, 3.05) is 37.1 Å². The number of amides is 1. The number of rotatable bonds is 4. The molecule has 2 heterocycles. The maximum atomic E-state index is 12.9. The zero-order valence-electron chi connectivity index (χ0n) is 19.2. The number of para-hydroxylation sites is 1. The number of carbonyl (C=O) groups excluding carboxylic acids is 1. The minimum atomic E-state index is -0.529. The summed E-state index contributed by atoms with van der Waals surface area (Å²) in [7, 11) is 1.66. The highest BCUT2D eigenvalue weighted by molar-refractivity contribution is 7.80. The van der Waals surface area contributed by atoms with Gasteiger partial charge in [0.1, 0.15) is 11.3 Å². The topological polar surface area (TPSA) is 56.8 Å². The van der Waals surface area contributed by atoms with E-state index < -0.39 is 5.54 Å². The SMILES string of the molecule is COc1ccc(-c2ccccc2)cc1NC(=S)N1CCC2(CC1)C(=O)NCN2c1ccccc1. The molecule has 2 fully saturated rings. The summed E-state index contributed by atoms with van der Waals surface area (Å²) < 4.78 is 5.58. The molecule has 0 radical (unpaired) electrons. The number of piperidine rings is 1. The van der Waals surface area contributed by atoms with Gasteiger partial charge in [0.25, 0.3) is 0 Å². The number of ether oxygens (including phenoxy) is 1. The largest absolute Gasteiger partial charge is 0.495 e. The second-order valence-corrected chi connectivity index (χ2v) is 9.04. The van der Waals surface area contributed by atoms with Gasteiger partial charge in [0.05, 0.1) is 19.5 Å². The van der Waals surface area contributed by atoms with Crippen LogP contribution in [-0.4, -0.2) is 48.3 Å². The first-order chi connectivity index (χ1) is 16.6. The number of nitrogens with zero attached hydrogens (tertiary/aromatic N) is 2.